The molecule has 0 saturated heterocycles. The molecule has 0 aliphatic heterocycles. The highest BCUT2D eigenvalue weighted by Crippen LogP contribution is 2.41. The van der Waals surface area contributed by atoms with E-state index in [-0.39, 0.29) is 5.92 Å². The molecular formula is C16H10N2. The second kappa shape index (κ2) is 3.72. The maximum Gasteiger partial charge on any atom is 0.101 e. The molecule has 0 heterocycles. The molecule has 0 fully saturated rings. The normalized spacial score (nSPS) is 16.2. The van der Waals surface area contributed by atoms with Crippen molar-refractivity contribution in [3.63, 3.8) is 0 Å². The lowest BCUT2D eigenvalue weighted by Gasteiger charge is -2.09. The lowest BCUT2D eigenvalue weighted by molar-refractivity contribution is 0.882. The summed E-state index contributed by atoms with van der Waals surface area (Å²) in [4.78, 5) is 0. The first-order chi connectivity index (χ1) is 8.80. The molecular weight excluding hydrogens is 220 g/mol. The van der Waals surface area contributed by atoms with Gasteiger partial charge in [0.1, 0.15) is 12.1 Å². The topological polar surface area (TPSA) is 47.6 Å². The highest BCUT2D eigenvalue weighted by Gasteiger charge is 2.27. The van der Waals surface area contributed by atoms with Crippen molar-refractivity contribution in [3.8, 4) is 12.1 Å². The van der Waals surface area contributed by atoms with Gasteiger partial charge in [-0.25, -0.2) is 0 Å². The highest BCUT2D eigenvalue weighted by molar-refractivity contribution is 5.95. The third kappa shape index (κ3) is 1.21. The largest absolute Gasteiger partial charge is 0.192 e. The van der Waals surface area contributed by atoms with Gasteiger partial charge >= 0.3 is 0 Å². The molecule has 2 nitrogen and oxygen atoms in total. The Morgan fingerprint density at radius 2 is 2.11 bits per heavy atom. The number of hydrogen-bond donors (Lipinski definition) is 0. The van der Waals surface area contributed by atoms with Gasteiger partial charge in [-0.15, -0.1) is 6.58 Å². The summed E-state index contributed by atoms with van der Waals surface area (Å²) in [6.07, 6.45) is 2.75. The third-order valence-electron chi connectivity index (χ3n) is 3.62. The van der Waals surface area contributed by atoms with Gasteiger partial charge in [-0.2, -0.15) is 10.5 Å². The van der Waals surface area contributed by atoms with Crippen molar-refractivity contribution in [3.05, 3.63) is 59.2 Å². The van der Waals surface area contributed by atoms with E-state index in [1.165, 1.54) is 5.56 Å². The molecule has 0 saturated carbocycles. The van der Waals surface area contributed by atoms with Crippen LogP contribution in [0, 0.1) is 22.7 Å². The van der Waals surface area contributed by atoms with Crippen LogP contribution in [0.25, 0.3) is 10.8 Å². The lowest BCUT2D eigenvalue weighted by atomic mass is 9.92. The van der Waals surface area contributed by atoms with Crippen molar-refractivity contribution in [2.45, 2.75) is 12.3 Å². The van der Waals surface area contributed by atoms with E-state index in [2.05, 4.69) is 24.8 Å². The summed E-state index contributed by atoms with van der Waals surface area (Å²) in [6.45, 7) is 3.85. The second-order valence-corrected chi connectivity index (χ2v) is 4.50. The second-order valence-electron chi connectivity index (χ2n) is 4.50. The monoisotopic (exact) mass is 230 g/mol. The van der Waals surface area contributed by atoms with Gasteiger partial charge in [0.15, 0.2) is 0 Å². The molecule has 84 valence electrons. The summed E-state index contributed by atoms with van der Waals surface area (Å²) in [5.74, 6) is 0.146. The Balaban J connectivity index is 2.54. The molecule has 1 aliphatic carbocycles. The van der Waals surface area contributed by atoms with Crippen LogP contribution in [0.5, 0.6) is 0 Å². The highest BCUT2D eigenvalue weighted by atomic mass is 14.3. The summed E-state index contributed by atoms with van der Waals surface area (Å²) < 4.78 is 0. The molecule has 3 rings (SSSR count). The standard InChI is InChI=1S/C16H10N2/c1-2-10-6-11-4-3-5-12-7-13(8-17)14(9-18)16(10)15(11)12/h2-5,7,10H,1,6H2. The maximum atomic E-state index is 9.32. The number of benzene rings is 2. The smallest absolute Gasteiger partial charge is 0.101 e. The average Bonchev–Trinajstić information content (AvgIpc) is 2.79. The van der Waals surface area contributed by atoms with Crippen LogP contribution < -0.4 is 0 Å². The van der Waals surface area contributed by atoms with Crippen LogP contribution in [0.4, 0.5) is 0 Å². The van der Waals surface area contributed by atoms with E-state index in [0.29, 0.717) is 11.1 Å². The van der Waals surface area contributed by atoms with Gasteiger partial charge in [0.05, 0.1) is 11.1 Å². The number of allylic oxidation sites excluding steroid dienone is 1. The fourth-order valence-corrected chi connectivity index (χ4v) is 2.86. The van der Waals surface area contributed by atoms with Crippen molar-refractivity contribution in [1.82, 2.24) is 0 Å². The van der Waals surface area contributed by atoms with E-state index in [1.807, 2.05) is 24.3 Å². The van der Waals surface area contributed by atoms with E-state index in [9.17, 15) is 10.5 Å². The van der Waals surface area contributed by atoms with Crippen LogP contribution >= 0.6 is 0 Å². The van der Waals surface area contributed by atoms with Crippen LogP contribution in [0.2, 0.25) is 0 Å². The number of nitrogens with zero attached hydrogens (tertiary/aromatic N) is 2. The third-order valence-corrected chi connectivity index (χ3v) is 3.62. The molecule has 2 heteroatoms. The van der Waals surface area contributed by atoms with Crippen LogP contribution in [0.1, 0.15) is 28.2 Å². The molecule has 1 atom stereocenters. The van der Waals surface area contributed by atoms with Gasteiger partial charge in [-0.05, 0) is 34.4 Å². The van der Waals surface area contributed by atoms with Crippen molar-refractivity contribution in [1.29, 1.82) is 10.5 Å². The Morgan fingerprint density at radius 3 is 2.78 bits per heavy atom. The minimum absolute atomic E-state index is 0.146. The summed E-state index contributed by atoms with van der Waals surface area (Å²) >= 11 is 0. The van der Waals surface area contributed by atoms with Crippen LogP contribution in [-0.2, 0) is 6.42 Å². The van der Waals surface area contributed by atoms with Crippen LogP contribution in [-0.4, -0.2) is 0 Å². The van der Waals surface area contributed by atoms with Gasteiger partial charge in [-0.3, -0.25) is 0 Å². The lowest BCUT2D eigenvalue weighted by Crippen LogP contribution is -1.97. The first-order valence-corrected chi connectivity index (χ1v) is 5.81. The zero-order chi connectivity index (χ0) is 12.7. The van der Waals surface area contributed by atoms with Gasteiger partial charge in [0.25, 0.3) is 0 Å². The number of rotatable bonds is 1. The quantitative estimate of drug-likeness (QED) is 0.705. The zero-order valence-corrected chi connectivity index (χ0v) is 9.77. The SMILES string of the molecule is C=CC1Cc2cccc3cc(C#N)c(C#N)c1c23. The van der Waals surface area contributed by atoms with Crippen LogP contribution in [0.15, 0.2) is 36.9 Å². The maximum absolute atomic E-state index is 9.32. The first kappa shape index (κ1) is 10.6. The van der Waals surface area contributed by atoms with Crippen LogP contribution in [0.3, 0.4) is 0 Å². The molecule has 1 aliphatic rings. The zero-order valence-electron chi connectivity index (χ0n) is 9.77. The molecule has 2 aromatic carbocycles. The number of nitriles is 2. The number of hydrogen-bond acceptors (Lipinski definition) is 2. The molecule has 0 amide bonds. The molecule has 1 unspecified atom stereocenters. The summed E-state index contributed by atoms with van der Waals surface area (Å²) in [7, 11) is 0. The van der Waals surface area contributed by atoms with Gasteiger partial charge in [-0.1, -0.05) is 24.3 Å². The van der Waals surface area contributed by atoms with E-state index in [1.54, 1.807) is 0 Å². The molecule has 0 bridgehead atoms. The Kier molecular flexibility index (Phi) is 2.18. The van der Waals surface area contributed by atoms with E-state index >= 15 is 0 Å². The Labute approximate surface area is 105 Å². The predicted molar refractivity (Wildman–Crippen MR) is 70.0 cm³/mol. The van der Waals surface area contributed by atoms with E-state index in [4.69, 9.17) is 0 Å². The molecule has 2 aromatic rings. The Morgan fingerprint density at radius 1 is 1.28 bits per heavy atom. The molecule has 0 spiro atoms. The summed E-state index contributed by atoms with van der Waals surface area (Å²) in [5, 5.41) is 20.7. The van der Waals surface area contributed by atoms with Gasteiger partial charge in [0.2, 0.25) is 0 Å². The fraction of sp³-hybridized carbons (Fsp3) is 0.125. The van der Waals surface area contributed by atoms with Crippen molar-refractivity contribution in [2.24, 2.45) is 0 Å². The minimum atomic E-state index is 0.146. The van der Waals surface area contributed by atoms with E-state index in [0.717, 1.165) is 22.8 Å². The van der Waals surface area contributed by atoms with E-state index < -0.39 is 0 Å². The molecule has 0 radical (unpaired) electrons. The summed E-state index contributed by atoms with van der Waals surface area (Å²) in [5.41, 5.74) is 3.20. The molecule has 18 heavy (non-hydrogen) atoms. The van der Waals surface area contributed by atoms with Gasteiger partial charge in [0, 0.05) is 5.92 Å². The predicted octanol–water partition coefficient (Wildman–Crippen LogP) is 3.41. The van der Waals surface area contributed by atoms with Crippen molar-refractivity contribution < 1.29 is 0 Å². The minimum Gasteiger partial charge on any atom is -0.192 e. The average molecular weight is 230 g/mol. The summed E-state index contributed by atoms with van der Waals surface area (Å²) in [6, 6.07) is 12.2. The molecule has 0 N–H and O–H groups in total. The fourth-order valence-electron chi connectivity index (χ4n) is 2.86. The van der Waals surface area contributed by atoms with Gasteiger partial charge < -0.3 is 0 Å². The van der Waals surface area contributed by atoms with Crippen molar-refractivity contribution in [2.75, 3.05) is 0 Å². The Bertz CT molecular complexity index is 757. The molecule has 0 aromatic heterocycles. The Hall–Kier alpha value is -2.58. The first-order valence-electron chi connectivity index (χ1n) is 5.81. The van der Waals surface area contributed by atoms with Crippen molar-refractivity contribution >= 4 is 10.8 Å².